The number of anilines is 1. The minimum Gasteiger partial charge on any atom is -0.454 e. The van der Waals surface area contributed by atoms with Crippen LogP contribution in [-0.4, -0.2) is 60.7 Å². The van der Waals surface area contributed by atoms with Crippen molar-refractivity contribution in [1.29, 1.82) is 0 Å². The number of benzene rings is 1. The minimum atomic E-state index is 0.264. The van der Waals surface area contributed by atoms with Crippen LogP contribution in [0, 0.1) is 0 Å². The average molecular weight is 329 g/mol. The maximum absolute atomic E-state index is 6.01. The highest BCUT2D eigenvalue weighted by atomic mass is 16.7. The highest BCUT2D eigenvalue weighted by Crippen LogP contribution is 2.36. The third kappa shape index (κ3) is 2.23. The average Bonchev–Trinajstić information content (AvgIpc) is 3.19. The van der Waals surface area contributed by atoms with Gasteiger partial charge in [0.15, 0.2) is 11.5 Å². The molecule has 3 fully saturated rings. The summed E-state index contributed by atoms with van der Waals surface area (Å²) in [6.45, 7) is 4.86. The van der Waals surface area contributed by atoms with E-state index in [0.717, 1.165) is 34.6 Å². The normalized spacial score (nSPS) is 28.2. The molecule has 3 saturated heterocycles. The van der Waals surface area contributed by atoms with Gasteiger partial charge in [-0.2, -0.15) is 0 Å². The first-order valence-electron chi connectivity index (χ1n) is 8.54. The van der Waals surface area contributed by atoms with E-state index < -0.39 is 0 Å². The molecule has 5 heterocycles. The summed E-state index contributed by atoms with van der Waals surface area (Å²) in [6.07, 6.45) is 2.39. The molecule has 0 atom stereocenters. The smallest absolute Gasteiger partial charge is 0.318 e. The van der Waals surface area contributed by atoms with Crippen LogP contribution in [-0.2, 0) is 0 Å². The molecule has 0 spiro atoms. The summed E-state index contributed by atoms with van der Waals surface area (Å²) in [7, 11) is 2.35. The van der Waals surface area contributed by atoms with Gasteiger partial charge in [-0.3, -0.25) is 0 Å². The summed E-state index contributed by atoms with van der Waals surface area (Å²) >= 11 is 0. The molecule has 2 bridgehead atoms. The van der Waals surface area contributed by atoms with Gasteiger partial charge in [0, 0.05) is 24.4 Å². The fraction of sp³-hybridized carbons (Fsp3) is 0.529. The molecule has 126 valence electrons. The van der Waals surface area contributed by atoms with Gasteiger partial charge in [0.05, 0.1) is 33.2 Å². The van der Waals surface area contributed by atoms with Gasteiger partial charge in [0.25, 0.3) is 0 Å². The zero-order valence-electron chi connectivity index (χ0n) is 13.8. The van der Waals surface area contributed by atoms with E-state index in [-0.39, 0.29) is 6.79 Å². The van der Waals surface area contributed by atoms with E-state index in [1.807, 2.05) is 18.2 Å². The number of fused-ring (bicyclic) bond motifs is 5. The van der Waals surface area contributed by atoms with Gasteiger partial charge in [0.1, 0.15) is 0 Å². The quantitative estimate of drug-likeness (QED) is 0.784. The van der Waals surface area contributed by atoms with E-state index in [4.69, 9.17) is 13.9 Å². The van der Waals surface area contributed by atoms with E-state index in [9.17, 15) is 0 Å². The Kier molecular flexibility index (Phi) is 3.00. The molecule has 0 amide bonds. The fourth-order valence-electron chi connectivity index (χ4n) is 3.97. The van der Waals surface area contributed by atoms with Crippen LogP contribution in [0.3, 0.4) is 0 Å². The predicted molar refractivity (Wildman–Crippen MR) is 87.0 cm³/mol. The van der Waals surface area contributed by atoms with Gasteiger partial charge >= 0.3 is 6.01 Å². The van der Waals surface area contributed by atoms with Gasteiger partial charge < -0.3 is 23.3 Å². The van der Waals surface area contributed by atoms with Crippen LogP contribution in [0.1, 0.15) is 12.8 Å². The molecule has 0 saturated carbocycles. The molecule has 0 radical (unpaired) electrons. The highest BCUT2D eigenvalue weighted by molar-refractivity contribution is 5.60. The Morgan fingerprint density at radius 2 is 1.92 bits per heavy atom. The second-order valence-electron chi connectivity index (χ2n) is 7.17. The molecule has 7 heteroatoms. The number of likely N-dealkylation sites (N-methyl/N-ethyl adjacent to an activating group) is 1. The second-order valence-corrected chi connectivity index (χ2v) is 7.17. The molecule has 4 aliphatic heterocycles. The first-order chi connectivity index (χ1) is 11.7. The maximum atomic E-state index is 6.01. The third-order valence-electron chi connectivity index (χ3n) is 5.61. The molecule has 0 aliphatic carbocycles. The van der Waals surface area contributed by atoms with Crippen LogP contribution in [0.5, 0.6) is 11.5 Å². The Hall–Kier alpha value is -2.28. The molecule has 0 unspecified atom stereocenters. The second kappa shape index (κ2) is 5.11. The predicted octanol–water partition coefficient (Wildman–Crippen LogP) is 1.89. The van der Waals surface area contributed by atoms with Gasteiger partial charge in [0.2, 0.25) is 12.7 Å². The van der Waals surface area contributed by atoms with Crippen LogP contribution in [0.15, 0.2) is 22.6 Å². The summed E-state index contributed by atoms with van der Waals surface area (Å²) in [5.74, 6) is 2.02. The lowest BCUT2D eigenvalue weighted by Crippen LogP contribution is -2.49. The number of hydrogen-bond acceptors (Lipinski definition) is 6. The summed E-state index contributed by atoms with van der Waals surface area (Å²) in [6, 6.07) is 6.86. The van der Waals surface area contributed by atoms with E-state index in [2.05, 4.69) is 22.1 Å². The van der Waals surface area contributed by atoms with E-state index >= 15 is 0 Å². The van der Waals surface area contributed by atoms with Gasteiger partial charge in [-0.15, -0.1) is 5.10 Å². The number of ether oxygens (including phenoxy) is 2. The van der Waals surface area contributed by atoms with Crippen LogP contribution < -0.4 is 14.4 Å². The van der Waals surface area contributed by atoms with Gasteiger partial charge in [-0.05, 0) is 18.2 Å². The zero-order valence-corrected chi connectivity index (χ0v) is 13.8. The fourth-order valence-corrected chi connectivity index (χ4v) is 3.97. The number of quaternary nitrogens is 1. The van der Waals surface area contributed by atoms with Crippen molar-refractivity contribution < 1.29 is 18.4 Å². The summed E-state index contributed by atoms with van der Waals surface area (Å²) in [5, 5.41) is 8.58. The summed E-state index contributed by atoms with van der Waals surface area (Å²) in [5.41, 5.74) is 0.861. The maximum Gasteiger partial charge on any atom is 0.318 e. The van der Waals surface area contributed by atoms with Crippen molar-refractivity contribution in [2.24, 2.45) is 0 Å². The molecule has 1 aromatic heterocycles. The van der Waals surface area contributed by atoms with E-state index in [1.165, 1.54) is 25.9 Å². The Labute approximate surface area is 140 Å². The summed E-state index contributed by atoms with van der Waals surface area (Å²) in [4.78, 5) is 2.31. The lowest BCUT2D eigenvalue weighted by atomic mass is 10.0. The highest BCUT2D eigenvalue weighted by Gasteiger charge is 2.39. The Balaban J connectivity index is 1.43. The molecule has 0 N–H and O–H groups in total. The monoisotopic (exact) mass is 329 g/mol. The van der Waals surface area contributed by atoms with Crippen molar-refractivity contribution in [3.05, 3.63) is 18.2 Å². The number of piperidine rings is 1. The molecule has 4 aliphatic rings. The van der Waals surface area contributed by atoms with E-state index in [0.29, 0.717) is 17.9 Å². The topological polar surface area (TPSA) is 60.6 Å². The molecule has 7 nitrogen and oxygen atoms in total. The van der Waals surface area contributed by atoms with Crippen molar-refractivity contribution >= 4 is 6.01 Å². The summed E-state index contributed by atoms with van der Waals surface area (Å²) < 4.78 is 17.9. The van der Waals surface area contributed by atoms with Gasteiger partial charge in [-0.1, -0.05) is 5.10 Å². The number of nitrogens with zero attached hydrogens (tertiary/aromatic N) is 4. The van der Waals surface area contributed by atoms with Gasteiger partial charge in [-0.25, -0.2) is 0 Å². The largest absolute Gasteiger partial charge is 0.454 e. The first-order valence-corrected chi connectivity index (χ1v) is 8.54. The Bertz CT molecular complexity index is 767. The Morgan fingerprint density at radius 3 is 2.79 bits per heavy atom. The number of aromatic nitrogens is 2. The lowest BCUT2D eigenvalue weighted by molar-refractivity contribution is -0.910. The van der Waals surface area contributed by atoms with Crippen LogP contribution in [0.4, 0.5) is 6.01 Å². The van der Waals surface area contributed by atoms with Crippen LogP contribution >= 0.6 is 0 Å². The SMILES string of the molecule is C[N+]12CCC(CC1)N(c1nnc(-c3ccc4c(c3)OCO4)o1)CC2. The van der Waals surface area contributed by atoms with Crippen molar-refractivity contribution in [3.8, 4) is 23.0 Å². The van der Waals surface area contributed by atoms with Crippen molar-refractivity contribution in [1.82, 2.24) is 10.2 Å². The molecule has 24 heavy (non-hydrogen) atoms. The van der Waals surface area contributed by atoms with Crippen LogP contribution in [0.2, 0.25) is 0 Å². The number of hydrogen-bond donors (Lipinski definition) is 0. The minimum absolute atomic E-state index is 0.264. The molecule has 2 aromatic rings. The molecule has 1 aromatic carbocycles. The molecular weight excluding hydrogens is 308 g/mol. The molecule has 6 rings (SSSR count). The van der Waals surface area contributed by atoms with Crippen molar-refractivity contribution in [3.63, 3.8) is 0 Å². The first kappa shape index (κ1) is 14.1. The van der Waals surface area contributed by atoms with Crippen molar-refractivity contribution in [2.45, 2.75) is 18.9 Å². The standard InChI is InChI=1S/C17H21N4O3/c1-21-7-4-13(5-8-21)20(6-9-21)17-19-18-16(24-17)12-2-3-14-15(10-12)23-11-22-14/h2-3,10,13H,4-9,11H2,1H3/q+1. The van der Waals surface area contributed by atoms with Crippen LogP contribution in [0.25, 0.3) is 11.5 Å². The third-order valence-corrected chi connectivity index (χ3v) is 5.61. The Morgan fingerprint density at radius 1 is 1.08 bits per heavy atom. The zero-order chi connectivity index (χ0) is 16.1. The molecular formula is C17H21N4O3+. The lowest BCUT2D eigenvalue weighted by Gasteiger charge is -2.36. The number of rotatable bonds is 2. The van der Waals surface area contributed by atoms with Crippen molar-refractivity contribution in [2.75, 3.05) is 44.9 Å². The van der Waals surface area contributed by atoms with E-state index in [1.54, 1.807) is 0 Å².